The minimum atomic E-state index is -0.191. The Bertz CT molecular complexity index is 203. The lowest BCUT2D eigenvalue weighted by Crippen LogP contribution is -2.21. The van der Waals surface area contributed by atoms with Crippen LogP contribution in [0.4, 0.5) is 0 Å². The van der Waals surface area contributed by atoms with Gasteiger partial charge in [0.25, 0.3) is 5.91 Å². The standard InChI is InChI=1S/C7H8NO2/c1-2-8-7(9)6-4-3-5-10-6/h3-4H,2H2,1H3,(H,8,9). The van der Waals surface area contributed by atoms with Crippen molar-refractivity contribution >= 4 is 5.91 Å². The summed E-state index contributed by atoms with van der Waals surface area (Å²) in [4.78, 5) is 10.9. The quantitative estimate of drug-likeness (QED) is 0.657. The molecule has 0 bridgehead atoms. The highest BCUT2D eigenvalue weighted by Gasteiger charge is 2.04. The molecular weight excluding hydrogens is 130 g/mol. The van der Waals surface area contributed by atoms with Crippen LogP contribution < -0.4 is 5.32 Å². The number of hydrogen-bond acceptors (Lipinski definition) is 2. The van der Waals surface area contributed by atoms with Crippen molar-refractivity contribution in [2.24, 2.45) is 0 Å². The molecule has 1 aromatic rings. The first-order chi connectivity index (χ1) is 4.84. The Kier molecular flexibility index (Phi) is 2.10. The third-order valence-electron chi connectivity index (χ3n) is 1.03. The molecule has 0 atom stereocenters. The monoisotopic (exact) mass is 138 g/mol. The largest absolute Gasteiger partial charge is 0.448 e. The molecule has 0 aliphatic heterocycles. The van der Waals surface area contributed by atoms with Gasteiger partial charge < -0.3 is 9.73 Å². The van der Waals surface area contributed by atoms with Gasteiger partial charge in [-0.05, 0) is 19.1 Å². The topological polar surface area (TPSA) is 42.2 Å². The van der Waals surface area contributed by atoms with Gasteiger partial charge in [0, 0.05) is 6.54 Å². The van der Waals surface area contributed by atoms with Gasteiger partial charge in [0.05, 0.1) is 0 Å². The third-order valence-corrected chi connectivity index (χ3v) is 1.03. The van der Waals surface area contributed by atoms with Crippen LogP contribution in [0.25, 0.3) is 0 Å². The van der Waals surface area contributed by atoms with Crippen LogP contribution in [0.1, 0.15) is 17.5 Å². The first kappa shape index (κ1) is 6.86. The van der Waals surface area contributed by atoms with Crippen LogP contribution in [0.15, 0.2) is 16.5 Å². The summed E-state index contributed by atoms with van der Waals surface area (Å²) in [6, 6.07) is 3.13. The van der Waals surface area contributed by atoms with E-state index in [0.29, 0.717) is 12.3 Å². The molecule has 0 aliphatic rings. The van der Waals surface area contributed by atoms with Gasteiger partial charge in [-0.15, -0.1) is 0 Å². The fourth-order valence-electron chi connectivity index (χ4n) is 0.611. The summed E-state index contributed by atoms with van der Waals surface area (Å²) in [6.45, 7) is 2.46. The molecule has 1 amide bonds. The van der Waals surface area contributed by atoms with E-state index >= 15 is 0 Å². The van der Waals surface area contributed by atoms with Crippen LogP contribution in [0.2, 0.25) is 0 Å². The molecule has 3 nitrogen and oxygen atoms in total. The van der Waals surface area contributed by atoms with Crippen LogP contribution >= 0.6 is 0 Å². The highest BCUT2D eigenvalue weighted by atomic mass is 16.3. The van der Waals surface area contributed by atoms with Crippen LogP contribution in [0.5, 0.6) is 0 Å². The van der Waals surface area contributed by atoms with Gasteiger partial charge in [-0.25, -0.2) is 0 Å². The summed E-state index contributed by atoms with van der Waals surface area (Å²) in [5, 5.41) is 2.60. The first-order valence-corrected chi connectivity index (χ1v) is 3.08. The van der Waals surface area contributed by atoms with Crippen molar-refractivity contribution in [1.29, 1.82) is 0 Å². The molecule has 0 fully saturated rings. The maximum atomic E-state index is 10.9. The summed E-state index contributed by atoms with van der Waals surface area (Å²) in [5.41, 5.74) is 0. The van der Waals surface area contributed by atoms with E-state index in [1.54, 1.807) is 12.1 Å². The van der Waals surface area contributed by atoms with E-state index < -0.39 is 0 Å². The second-order valence-electron chi connectivity index (χ2n) is 1.78. The van der Waals surface area contributed by atoms with Crippen LogP contribution in [0, 0.1) is 6.26 Å². The molecule has 1 heterocycles. The van der Waals surface area contributed by atoms with Gasteiger partial charge in [0.1, 0.15) is 0 Å². The minimum Gasteiger partial charge on any atom is -0.448 e. The summed E-state index contributed by atoms with van der Waals surface area (Å²) < 4.78 is 4.71. The van der Waals surface area contributed by atoms with Crippen LogP contribution in [-0.4, -0.2) is 12.5 Å². The highest BCUT2D eigenvalue weighted by molar-refractivity contribution is 5.91. The minimum absolute atomic E-state index is 0.191. The smallest absolute Gasteiger partial charge is 0.287 e. The lowest BCUT2D eigenvalue weighted by Gasteiger charge is -1.94. The number of carbonyl (C=O) groups excluding carboxylic acids is 1. The number of carbonyl (C=O) groups is 1. The van der Waals surface area contributed by atoms with Crippen LogP contribution in [0.3, 0.4) is 0 Å². The zero-order chi connectivity index (χ0) is 7.40. The van der Waals surface area contributed by atoms with Gasteiger partial charge in [-0.3, -0.25) is 4.79 Å². The Morgan fingerprint density at radius 1 is 1.90 bits per heavy atom. The molecule has 1 radical (unpaired) electrons. The summed E-state index contributed by atoms with van der Waals surface area (Å²) >= 11 is 0. The number of furan rings is 1. The molecule has 0 aromatic carbocycles. The molecule has 1 rings (SSSR count). The second-order valence-corrected chi connectivity index (χ2v) is 1.78. The Hall–Kier alpha value is -1.25. The van der Waals surface area contributed by atoms with Gasteiger partial charge in [-0.2, -0.15) is 0 Å². The predicted molar refractivity (Wildman–Crippen MR) is 35.6 cm³/mol. The molecule has 1 aromatic heterocycles. The van der Waals surface area contributed by atoms with Crippen molar-refractivity contribution < 1.29 is 9.21 Å². The zero-order valence-corrected chi connectivity index (χ0v) is 5.68. The number of amides is 1. The van der Waals surface area contributed by atoms with Crippen molar-refractivity contribution in [3.63, 3.8) is 0 Å². The summed E-state index contributed by atoms with van der Waals surface area (Å²) in [6.07, 6.45) is 2.43. The molecular formula is C7H8NO2. The maximum absolute atomic E-state index is 10.9. The number of rotatable bonds is 2. The third kappa shape index (κ3) is 1.37. The molecule has 0 aliphatic carbocycles. The van der Waals surface area contributed by atoms with Crippen LogP contribution in [-0.2, 0) is 0 Å². The van der Waals surface area contributed by atoms with Gasteiger partial charge >= 0.3 is 0 Å². The molecule has 3 heteroatoms. The second kappa shape index (κ2) is 3.06. The first-order valence-electron chi connectivity index (χ1n) is 3.08. The highest BCUT2D eigenvalue weighted by Crippen LogP contribution is 1.97. The lowest BCUT2D eigenvalue weighted by atomic mass is 10.4. The van der Waals surface area contributed by atoms with E-state index in [9.17, 15) is 4.79 Å². The van der Waals surface area contributed by atoms with Gasteiger partial charge in [-0.1, -0.05) is 0 Å². The number of nitrogens with one attached hydrogen (secondary N) is 1. The van der Waals surface area contributed by atoms with E-state index in [1.165, 1.54) is 0 Å². The summed E-state index contributed by atoms with van der Waals surface area (Å²) in [7, 11) is 0. The molecule has 53 valence electrons. The Balaban J connectivity index is 2.59. The van der Waals surface area contributed by atoms with Crippen molar-refractivity contribution in [2.75, 3.05) is 6.54 Å². The molecule has 0 spiro atoms. The molecule has 0 saturated carbocycles. The Morgan fingerprint density at radius 3 is 3.20 bits per heavy atom. The van der Waals surface area contributed by atoms with E-state index in [2.05, 4.69) is 11.6 Å². The fraction of sp³-hybridized carbons (Fsp3) is 0.286. The van der Waals surface area contributed by atoms with E-state index in [0.717, 1.165) is 0 Å². The number of hydrogen-bond donors (Lipinski definition) is 1. The summed E-state index contributed by atoms with van der Waals surface area (Å²) in [5.74, 6) is 0.116. The maximum Gasteiger partial charge on any atom is 0.287 e. The van der Waals surface area contributed by atoms with Crippen molar-refractivity contribution in [2.45, 2.75) is 6.92 Å². The molecule has 0 saturated heterocycles. The molecule has 0 unspecified atom stereocenters. The van der Waals surface area contributed by atoms with E-state index in [4.69, 9.17) is 4.42 Å². The fourth-order valence-corrected chi connectivity index (χ4v) is 0.611. The van der Waals surface area contributed by atoms with Crippen molar-refractivity contribution in [1.82, 2.24) is 5.32 Å². The van der Waals surface area contributed by atoms with Gasteiger partial charge in [0.2, 0.25) is 0 Å². The SMILES string of the molecule is CCNC(=O)c1cc[c]o1. The Morgan fingerprint density at radius 2 is 2.70 bits per heavy atom. The molecule has 10 heavy (non-hydrogen) atoms. The zero-order valence-electron chi connectivity index (χ0n) is 5.68. The van der Waals surface area contributed by atoms with Gasteiger partial charge in [0.15, 0.2) is 12.0 Å². The average Bonchev–Trinajstić information content (AvgIpc) is 2.38. The molecule has 1 N–H and O–H groups in total. The van der Waals surface area contributed by atoms with E-state index in [1.807, 2.05) is 6.92 Å². The Labute approximate surface area is 59.0 Å². The van der Waals surface area contributed by atoms with Crippen molar-refractivity contribution in [3.8, 4) is 0 Å². The van der Waals surface area contributed by atoms with E-state index in [-0.39, 0.29) is 5.91 Å². The lowest BCUT2D eigenvalue weighted by molar-refractivity contribution is 0.0928. The predicted octanol–water partition coefficient (Wildman–Crippen LogP) is 0.829. The van der Waals surface area contributed by atoms with Crippen molar-refractivity contribution in [3.05, 3.63) is 24.2 Å². The average molecular weight is 138 g/mol. The normalized spacial score (nSPS) is 9.30.